The molecular weight excluding hydrogens is 186 g/mol. The number of nitrogen functional groups attached to an aromatic ring is 1. The van der Waals surface area contributed by atoms with E-state index in [1.807, 2.05) is 43.6 Å². The first-order chi connectivity index (χ1) is 7.31. The van der Waals surface area contributed by atoms with Crippen molar-refractivity contribution in [3.8, 4) is 0 Å². The number of benzene rings is 1. The van der Waals surface area contributed by atoms with Crippen LogP contribution in [0.4, 0.5) is 5.69 Å². The third kappa shape index (κ3) is 2.02. The summed E-state index contributed by atoms with van der Waals surface area (Å²) in [7, 11) is 1.95. The SMILES string of the molecule is CNC(c1ccc(N)cc1)c1ccc[nH]1. The first kappa shape index (κ1) is 9.80. The zero-order chi connectivity index (χ0) is 10.7. The minimum Gasteiger partial charge on any atom is -0.399 e. The number of aromatic amines is 1. The fourth-order valence-electron chi connectivity index (χ4n) is 1.71. The molecule has 0 saturated carbocycles. The number of rotatable bonds is 3. The van der Waals surface area contributed by atoms with E-state index in [-0.39, 0.29) is 6.04 Å². The molecule has 4 N–H and O–H groups in total. The summed E-state index contributed by atoms with van der Waals surface area (Å²) < 4.78 is 0. The lowest BCUT2D eigenvalue weighted by Gasteiger charge is -2.15. The van der Waals surface area contributed by atoms with Gasteiger partial charge >= 0.3 is 0 Å². The molecule has 0 aliphatic rings. The van der Waals surface area contributed by atoms with Crippen molar-refractivity contribution >= 4 is 5.69 Å². The molecule has 0 aliphatic heterocycles. The van der Waals surface area contributed by atoms with E-state index in [2.05, 4.69) is 16.4 Å². The van der Waals surface area contributed by atoms with Gasteiger partial charge in [0.25, 0.3) is 0 Å². The van der Waals surface area contributed by atoms with Crippen LogP contribution in [0, 0.1) is 0 Å². The maximum absolute atomic E-state index is 5.66. The molecule has 3 heteroatoms. The standard InChI is InChI=1S/C12H15N3/c1-14-12(11-3-2-8-15-11)9-4-6-10(13)7-5-9/h2-8,12,14-15H,13H2,1H3. The second-order valence-electron chi connectivity index (χ2n) is 3.51. The molecular formula is C12H15N3. The van der Waals surface area contributed by atoms with Crippen molar-refractivity contribution in [1.29, 1.82) is 0 Å². The Morgan fingerprint density at radius 3 is 2.47 bits per heavy atom. The van der Waals surface area contributed by atoms with Crippen molar-refractivity contribution in [1.82, 2.24) is 10.3 Å². The Morgan fingerprint density at radius 1 is 1.20 bits per heavy atom. The highest BCUT2D eigenvalue weighted by Gasteiger charge is 2.11. The summed E-state index contributed by atoms with van der Waals surface area (Å²) in [5.41, 5.74) is 8.81. The molecule has 1 atom stereocenters. The second kappa shape index (κ2) is 4.19. The Balaban J connectivity index is 2.31. The molecule has 2 rings (SSSR count). The van der Waals surface area contributed by atoms with Gasteiger partial charge < -0.3 is 16.0 Å². The van der Waals surface area contributed by atoms with Gasteiger partial charge in [0, 0.05) is 17.6 Å². The largest absolute Gasteiger partial charge is 0.399 e. The van der Waals surface area contributed by atoms with E-state index >= 15 is 0 Å². The van der Waals surface area contributed by atoms with Crippen molar-refractivity contribution in [2.24, 2.45) is 0 Å². The van der Waals surface area contributed by atoms with Crippen LogP contribution in [0.5, 0.6) is 0 Å². The van der Waals surface area contributed by atoms with Gasteiger partial charge in [-0.25, -0.2) is 0 Å². The van der Waals surface area contributed by atoms with Crippen molar-refractivity contribution in [3.05, 3.63) is 53.9 Å². The number of nitrogens with one attached hydrogen (secondary N) is 2. The molecule has 0 bridgehead atoms. The van der Waals surface area contributed by atoms with Gasteiger partial charge in [0.1, 0.15) is 0 Å². The van der Waals surface area contributed by atoms with Gasteiger partial charge in [-0.2, -0.15) is 0 Å². The molecule has 1 heterocycles. The summed E-state index contributed by atoms with van der Waals surface area (Å²) in [5, 5.41) is 3.27. The number of aromatic nitrogens is 1. The van der Waals surface area contributed by atoms with Crippen LogP contribution < -0.4 is 11.1 Å². The van der Waals surface area contributed by atoms with Crippen LogP contribution in [0.2, 0.25) is 0 Å². The highest BCUT2D eigenvalue weighted by molar-refractivity contribution is 5.41. The van der Waals surface area contributed by atoms with Crippen LogP contribution in [-0.2, 0) is 0 Å². The first-order valence-corrected chi connectivity index (χ1v) is 4.97. The molecule has 2 aromatic rings. The lowest BCUT2D eigenvalue weighted by atomic mass is 10.0. The summed E-state index contributed by atoms with van der Waals surface area (Å²) >= 11 is 0. The summed E-state index contributed by atoms with van der Waals surface area (Å²) in [5.74, 6) is 0. The summed E-state index contributed by atoms with van der Waals surface area (Å²) in [6.45, 7) is 0. The van der Waals surface area contributed by atoms with Gasteiger partial charge in [0.05, 0.1) is 6.04 Å². The molecule has 1 aromatic carbocycles. The summed E-state index contributed by atoms with van der Waals surface area (Å²) in [4.78, 5) is 3.21. The van der Waals surface area contributed by atoms with E-state index in [1.165, 1.54) is 5.56 Å². The monoisotopic (exact) mass is 201 g/mol. The molecule has 1 unspecified atom stereocenters. The normalized spacial score (nSPS) is 12.6. The average molecular weight is 201 g/mol. The molecule has 0 amide bonds. The zero-order valence-electron chi connectivity index (χ0n) is 8.70. The van der Waals surface area contributed by atoms with Crippen molar-refractivity contribution < 1.29 is 0 Å². The van der Waals surface area contributed by atoms with E-state index in [9.17, 15) is 0 Å². The third-order valence-corrected chi connectivity index (χ3v) is 2.49. The van der Waals surface area contributed by atoms with E-state index in [0.717, 1.165) is 11.4 Å². The molecule has 0 radical (unpaired) electrons. The van der Waals surface area contributed by atoms with E-state index in [0.29, 0.717) is 0 Å². The van der Waals surface area contributed by atoms with Crippen molar-refractivity contribution in [3.63, 3.8) is 0 Å². The van der Waals surface area contributed by atoms with Crippen LogP contribution in [0.1, 0.15) is 17.3 Å². The number of hydrogen-bond acceptors (Lipinski definition) is 2. The Hall–Kier alpha value is -1.74. The number of nitrogens with two attached hydrogens (primary N) is 1. The fraction of sp³-hybridized carbons (Fsp3) is 0.167. The minimum absolute atomic E-state index is 0.195. The van der Waals surface area contributed by atoms with Crippen LogP contribution in [0.3, 0.4) is 0 Å². The van der Waals surface area contributed by atoms with Gasteiger partial charge in [-0.15, -0.1) is 0 Å². The zero-order valence-corrected chi connectivity index (χ0v) is 8.70. The summed E-state index contributed by atoms with van der Waals surface area (Å²) in [6, 6.07) is 12.2. The van der Waals surface area contributed by atoms with Gasteiger partial charge in [0.15, 0.2) is 0 Å². The maximum atomic E-state index is 5.66. The minimum atomic E-state index is 0.195. The lowest BCUT2D eigenvalue weighted by Crippen LogP contribution is -2.17. The van der Waals surface area contributed by atoms with E-state index < -0.39 is 0 Å². The van der Waals surface area contributed by atoms with Gasteiger partial charge in [-0.05, 0) is 36.9 Å². The molecule has 0 saturated heterocycles. The number of hydrogen-bond donors (Lipinski definition) is 3. The molecule has 0 spiro atoms. The van der Waals surface area contributed by atoms with E-state index in [1.54, 1.807) is 0 Å². The molecule has 0 fully saturated rings. The highest BCUT2D eigenvalue weighted by atomic mass is 14.9. The van der Waals surface area contributed by atoms with Crippen molar-refractivity contribution in [2.45, 2.75) is 6.04 Å². The second-order valence-corrected chi connectivity index (χ2v) is 3.51. The number of anilines is 1. The topological polar surface area (TPSA) is 53.8 Å². The van der Waals surface area contributed by atoms with Crippen LogP contribution in [0.25, 0.3) is 0 Å². The van der Waals surface area contributed by atoms with Gasteiger partial charge in [-0.3, -0.25) is 0 Å². The fourth-order valence-corrected chi connectivity index (χ4v) is 1.71. The highest BCUT2D eigenvalue weighted by Crippen LogP contribution is 2.20. The van der Waals surface area contributed by atoms with Crippen LogP contribution in [-0.4, -0.2) is 12.0 Å². The molecule has 78 valence electrons. The predicted octanol–water partition coefficient (Wildman–Crippen LogP) is 1.91. The van der Waals surface area contributed by atoms with Crippen molar-refractivity contribution in [2.75, 3.05) is 12.8 Å². The molecule has 0 aliphatic carbocycles. The van der Waals surface area contributed by atoms with Gasteiger partial charge in [0.2, 0.25) is 0 Å². The summed E-state index contributed by atoms with van der Waals surface area (Å²) in [6.07, 6.45) is 1.93. The first-order valence-electron chi connectivity index (χ1n) is 4.97. The average Bonchev–Trinajstić information content (AvgIpc) is 2.75. The Bertz CT molecular complexity index is 403. The third-order valence-electron chi connectivity index (χ3n) is 2.49. The van der Waals surface area contributed by atoms with Crippen LogP contribution >= 0.6 is 0 Å². The molecule has 3 nitrogen and oxygen atoms in total. The van der Waals surface area contributed by atoms with E-state index in [4.69, 9.17) is 5.73 Å². The van der Waals surface area contributed by atoms with Gasteiger partial charge in [-0.1, -0.05) is 12.1 Å². The smallest absolute Gasteiger partial charge is 0.0726 e. The molecule has 15 heavy (non-hydrogen) atoms. The number of H-pyrrole nitrogens is 1. The Labute approximate surface area is 89.3 Å². The molecule has 1 aromatic heterocycles. The quantitative estimate of drug-likeness (QED) is 0.664. The lowest BCUT2D eigenvalue weighted by molar-refractivity contribution is 0.675. The van der Waals surface area contributed by atoms with Crippen LogP contribution in [0.15, 0.2) is 42.6 Å². The predicted molar refractivity (Wildman–Crippen MR) is 62.5 cm³/mol. The Kier molecular flexibility index (Phi) is 2.74. The maximum Gasteiger partial charge on any atom is 0.0726 e. The Morgan fingerprint density at radius 2 is 1.93 bits per heavy atom.